The molecule has 37 heavy (non-hydrogen) atoms. The second kappa shape index (κ2) is 9.92. The summed E-state index contributed by atoms with van der Waals surface area (Å²) in [5.41, 5.74) is -4.79. The van der Waals surface area contributed by atoms with Crippen LogP contribution in [-0.2, 0) is 21.1 Å². The normalized spacial score (nSPS) is 24.5. The Labute approximate surface area is 220 Å². The van der Waals surface area contributed by atoms with Crippen molar-refractivity contribution in [3.8, 4) is 6.07 Å². The Hall–Kier alpha value is -2.63. The third kappa shape index (κ3) is 5.94. The SMILES string of the molecule is CC(C)(C)C[C@@H]1N[C@@H](C(=O)OC(C)(C)C)[C@@H](c2ccccc2C(F)(F)F)[C@@]1(C#N)c1cc(Cl)ccc1F. The number of carbonyl (C=O) groups is 1. The molecule has 0 aliphatic carbocycles. The molecular weight excluding hydrogens is 508 g/mol. The van der Waals surface area contributed by atoms with Gasteiger partial charge in [-0.15, -0.1) is 0 Å². The monoisotopic (exact) mass is 538 g/mol. The fourth-order valence-corrected chi connectivity index (χ4v) is 5.33. The van der Waals surface area contributed by atoms with Gasteiger partial charge >= 0.3 is 12.1 Å². The van der Waals surface area contributed by atoms with E-state index in [-0.39, 0.29) is 22.6 Å². The summed E-state index contributed by atoms with van der Waals surface area (Å²) in [7, 11) is 0. The van der Waals surface area contributed by atoms with Gasteiger partial charge < -0.3 is 4.74 Å². The zero-order valence-corrected chi connectivity index (χ0v) is 22.4. The first kappa shape index (κ1) is 28.9. The number of nitriles is 1. The number of hydrogen-bond acceptors (Lipinski definition) is 4. The molecule has 4 atom stereocenters. The van der Waals surface area contributed by atoms with Crippen LogP contribution in [0, 0.1) is 22.6 Å². The Morgan fingerprint density at radius 3 is 2.27 bits per heavy atom. The van der Waals surface area contributed by atoms with Crippen molar-refractivity contribution >= 4 is 17.6 Å². The summed E-state index contributed by atoms with van der Waals surface area (Å²) >= 11 is 6.21. The largest absolute Gasteiger partial charge is 0.459 e. The minimum atomic E-state index is -4.79. The number of benzene rings is 2. The van der Waals surface area contributed by atoms with Crippen LogP contribution in [-0.4, -0.2) is 23.7 Å². The second-order valence-corrected chi connectivity index (χ2v) is 12.1. The maximum Gasteiger partial charge on any atom is 0.416 e. The van der Waals surface area contributed by atoms with Crippen molar-refractivity contribution in [3.63, 3.8) is 0 Å². The minimum Gasteiger partial charge on any atom is -0.459 e. The predicted molar refractivity (Wildman–Crippen MR) is 134 cm³/mol. The molecule has 2 aromatic carbocycles. The highest BCUT2D eigenvalue weighted by molar-refractivity contribution is 6.30. The molecule has 2 aromatic rings. The minimum absolute atomic E-state index is 0.115. The van der Waals surface area contributed by atoms with Crippen LogP contribution in [0.5, 0.6) is 0 Å². The van der Waals surface area contributed by atoms with E-state index in [4.69, 9.17) is 16.3 Å². The molecule has 0 bridgehead atoms. The van der Waals surface area contributed by atoms with Crippen LogP contribution in [0.3, 0.4) is 0 Å². The van der Waals surface area contributed by atoms with Crippen molar-refractivity contribution in [2.24, 2.45) is 5.41 Å². The number of alkyl halides is 3. The number of esters is 1. The summed E-state index contributed by atoms with van der Waals surface area (Å²) in [6, 6.07) is 8.32. The van der Waals surface area contributed by atoms with Crippen LogP contribution in [0.15, 0.2) is 42.5 Å². The quantitative estimate of drug-likeness (QED) is 0.331. The van der Waals surface area contributed by atoms with Crippen molar-refractivity contribution in [1.82, 2.24) is 5.32 Å². The van der Waals surface area contributed by atoms with Crippen molar-refractivity contribution in [1.29, 1.82) is 5.26 Å². The van der Waals surface area contributed by atoms with Gasteiger partial charge in [-0.3, -0.25) is 10.1 Å². The Kier molecular flexibility index (Phi) is 7.76. The molecule has 0 saturated carbocycles. The van der Waals surface area contributed by atoms with Gasteiger partial charge in [-0.1, -0.05) is 50.6 Å². The van der Waals surface area contributed by atoms with E-state index < -0.39 is 58.0 Å². The summed E-state index contributed by atoms with van der Waals surface area (Å²) in [5, 5.41) is 14.0. The van der Waals surface area contributed by atoms with E-state index in [1.807, 2.05) is 20.8 Å². The Morgan fingerprint density at radius 2 is 1.73 bits per heavy atom. The highest BCUT2D eigenvalue weighted by Crippen LogP contribution is 2.54. The van der Waals surface area contributed by atoms with Crippen LogP contribution in [0.1, 0.15) is 70.6 Å². The third-order valence-corrected chi connectivity index (χ3v) is 6.63. The molecule has 0 aromatic heterocycles. The van der Waals surface area contributed by atoms with Gasteiger partial charge in [0.2, 0.25) is 0 Å². The molecule has 1 fully saturated rings. The molecule has 3 rings (SSSR count). The molecule has 1 N–H and O–H groups in total. The highest BCUT2D eigenvalue weighted by Gasteiger charge is 2.62. The Morgan fingerprint density at radius 1 is 1.11 bits per heavy atom. The van der Waals surface area contributed by atoms with Crippen molar-refractivity contribution in [2.75, 3.05) is 0 Å². The zero-order chi connectivity index (χ0) is 28.0. The van der Waals surface area contributed by atoms with Crippen molar-refractivity contribution < 1.29 is 27.1 Å². The summed E-state index contributed by atoms with van der Waals surface area (Å²) in [5.74, 6) is -3.07. The standard InChI is InChI=1S/C28H31ClF4N2O2/c1-25(2,3)14-21-27(15-34,19-13-16(29)11-12-20(19)30)22(23(35-21)24(36)37-26(4,5)6)17-9-7-8-10-18(17)28(31,32)33/h7-13,21-23,35H,14H2,1-6H3/t21-,22+,23+,27-/m0/s1. The molecule has 0 unspecified atom stereocenters. The van der Waals surface area contributed by atoms with Gasteiger partial charge in [-0.25, -0.2) is 4.39 Å². The number of ether oxygens (including phenoxy) is 1. The summed E-state index contributed by atoms with van der Waals surface area (Å²) in [6.45, 7) is 10.6. The van der Waals surface area contributed by atoms with Crippen LogP contribution >= 0.6 is 11.6 Å². The summed E-state index contributed by atoms with van der Waals surface area (Å²) < 4.78 is 63.9. The van der Waals surface area contributed by atoms with Crippen LogP contribution in [0.25, 0.3) is 0 Å². The lowest BCUT2D eigenvalue weighted by Crippen LogP contribution is -2.45. The van der Waals surface area contributed by atoms with Gasteiger partial charge in [-0.05, 0) is 62.4 Å². The first-order valence-corrected chi connectivity index (χ1v) is 12.3. The molecule has 0 radical (unpaired) electrons. The third-order valence-electron chi connectivity index (χ3n) is 6.39. The van der Waals surface area contributed by atoms with E-state index >= 15 is 4.39 Å². The maximum atomic E-state index is 15.5. The van der Waals surface area contributed by atoms with Gasteiger partial charge in [0.1, 0.15) is 22.9 Å². The summed E-state index contributed by atoms with van der Waals surface area (Å²) in [6.07, 6.45) is -4.54. The van der Waals surface area contributed by atoms with Crippen LogP contribution in [0.2, 0.25) is 5.02 Å². The molecule has 1 aliphatic heterocycles. The zero-order valence-electron chi connectivity index (χ0n) is 21.6. The molecule has 0 spiro atoms. The van der Waals surface area contributed by atoms with E-state index in [1.54, 1.807) is 20.8 Å². The Balaban J connectivity index is 2.43. The number of nitrogens with one attached hydrogen (secondary N) is 1. The van der Waals surface area contributed by atoms with E-state index in [9.17, 15) is 23.2 Å². The number of nitrogens with zero attached hydrogens (tertiary/aromatic N) is 1. The predicted octanol–water partition coefficient (Wildman–Crippen LogP) is 7.16. The molecule has 1 heterocycles. The van der Waals surface area contributed by atoms with Crippen LogP contribution in [0.4, 0.5) is 17.6 Å². The molecule has 9 heteroatoms. The average molecular weight is 539 g/mol. The van der Waals surface area contributed by atoms with Gasteiger partial charge in [0.05, 0.1) is 11.6 Å². The van der Waals surface area contributed by atoms with E-state index in [0.29, 0.717) is 0 Å². The number of rotatable bonds is 4. The molecule has 1 saturated heterocycles. The fourth-order valence-electron chi connectivity index (χ4n) is 5.15. The first-order chi connectivity index (χ1) is 16.9. The fraction of sp³-hybridized carbons (Fsp3) is 0.500. The highest BCUT2D eigenvalue weighted by atomic mass is 35.5. The number of carbonyl (C=O) groups excluding carboxylic acids is 1. The van der Waals surface area contributed by atoms with Gasteiger partial charge in [0.25, 0.3) is 0 Å². The lowest BCUT2D eigenvalue weighted by molar-refractivity contribution is -0.158. The molecule has 200 valence electrons. The lowest BCUT2D eigenvalue weighted by atomic mass is 9.62. The van der Waals surface area contributed by atoms with Crippen molar-refractivity contribution in [3.05, 3.63) is 70.0 Å². The van der Waals surface area contributed by atoms with Crippen molar-refractivity contribution in [2.45, 2.75) is 83.2 Å². The molecule has 4 nitrogen and oxygen atoms in total. The molecule has 0 amide bonds. The van der Waals surface area contributed by atoms with E-state index in [0.717, 1.165) is 12.1 Å². The first-order valence-electron chi connectivity index (χ1n) is 11.9. The van der Waals surface area contributed by atoms with Gasteiger partial charge in [0.15, 0.2) is 0 Å². The van der Waals surface area contributed by atoms with Crippen LogP contribution < -0.4 is 5.32 Å². The number of halogens is 5. The van der Waals surface area contributed by atoms with Gasteiger partial charge in [0, 0.05) is 22.5 Å². The Bertz CT molecular complexity index is 1210. The summed E-state index contributed by atoms with van der Waals surface area (Å²) in [4.78, 5) is 13.5. The lowest BCUT2D eigenvalue weighted by Gasteiger charge is -2.38. The molecule has 1 aliphatic rings. The van der Waals surface area contributed by atoms with E-state index in [2.05, 4.69) is 11.4 Å². The molecular formula is C28H31ClF4N2O2. The smallest absolute Gasteiger partial charge is 0.416 e. The van der Waals surface area contributed by atoms with E-state index in [1.165, 1.54) is 30.3 Å². The topological polar surface area (TPSA) is 62.1 Å². The average Bonchev–Trinajstić information content (AvgIpc) is 3.06. The van der Waals surface area contributed by atoms with Gasteiger partial charge in [-0.2, -0.15) is 18.4 Å². The second-order valence-electron chi connectivity index (χ2n) is 11.7. The number of hydrogen-bond donors (Lipinski definition) is 1. The maximum absolute atomic E-state index is 15.5.